The van der Waals surface area contributed by atoms with E-state index in [9.17, 15) is 9.59 Å². The first-order chi connectivity index (χ1) is 17.0. The first-order valence-electron chi connectivity index (χ1n) is 10.7. The summed E-state index contributed by atoms with van der Waals surface area (Å²) in [7, 11) is 1.57. The van der Waals surface area contributed by atoms with Gasteiger partial charge in [-0.3, -0.25) is 4.79 Å². The molecule has 0 saturated carbocycles. The molecule has 2 heterocycles. The van der Waals surface area contributed by atoms with Crippen molar-refractivity contribution in [3.63, 3.8) is 0 Å². The van der Waals surface area contributed by atoms with Crippen LogP contribution in [0.1, 0.15) is 16.2 Å². The number of benzene rings is 3. The molecule has 0 amide bonds. The number of carbonyl (C=O) groups is 1. The summed E-state index contributed by atoms with van der Waals surface area (Å²) in [4.78, 5) is 32.6. The number of halogens is 1. The fourth-order valence-corrected chi connectivity index (χ4v) is 3.83. The van der Waals surface area contributed by atoms with Gasteiger partial charge in [-0.05, 0) is 42.5 Å². The molecule has 1 N–H and O–H groups in total. The maximum Gasteiger partial charge on any atom is 0.342 e. The minimum atomic E-state index is -0.612. The molecule has 5 aromatic rings. The highest BCUT2D eigenvalue weighted by atomic mass is 35.5. The van der Waals surface area contributed by atoms with E-state index in [4.69, 9.17) is 21.1 Å². The minimum absolute atomic E-state index is 0.205. The average molecular weight is 487 g/mol. The van der Waals surface area contributed by atoms with Gasteiger partial charge in [0.2, 0.25) is 0 Å². The van der Waals surface area contributed by atoms with Gasteiger partial charge in [0.15, 0.2) is 0 Å². The highest BCUT2D eigenvalue weighted by Crippen LogP contribution is 2.27. The lowest BCUT2D eigenvalue weighted by Crippen LogP contribution is -2.14. The Hall–Kier alpha value is -4.43. The van der Waals surface area contributed by atoms with Crippen LogP contribution in [0, 0.1) is 0 Å². The van der Waals surface area contributed by atoms with Crippen LogP contribution in [0.4, 0.5) is 0 Å². The van der Waals surface area contributed by atoms with Crippen molar-refractivity contribution in [3.05, 3.63) is 106 Å². The predicted octanol–water partition coefficient (Wildman–Crippen LogP) is 4.79. The molecule has 0 atom stereocenters. The van der Waals surface area contributed by atoms with Crippen LogP contribution in [0.15, 0.2) is 83.8 Å². The molecular formula is C26H19ClN4O4. The zero-order valence-electron chi connectivity index (χ0n) is 18.6. The normalized spacial score (nSPS) is 10.9. The van der Waals surface area contributed by atoms with Gasteiger partial charge >= 0.3 is 5.97 Å². The number of nitrogens with one attached hydrogen (secondary N) is 1. The highest BCUT2D eigenvalue weighted by Gasteiger charge is 2.21. The average Bonchev–Trinajstić information content (AvgIpc) is 3.33. The van der Waals surface area contributed by atoms with Gasteiger partial charge in [0.1, 0.15) is 29.4 Å². The monoisotopic (exact) mass is 486 g/mol. The molecule has 35 heavy (non-hydrogen) atoms. The number of aromatic nitrogens is 4. The number of carbonyl (C=O) groups excluding carboxylic acids is 1. The summed E-state index contributed by atoms with van der Waals surface area (Å²) >= 11 is 6.03. The van der Waals surface area contributed by atoms with Crippen LogP contribution in [0.5, 0.6) is 5.75 Å². The van der Waals surface area contributed by atoms with E-state index in [1.54, 1.807) is 42.3 Å². The Balaban J connectivity index is 1.48. The minimum Gasteiger partial charge on any atom is -0.497 e. The summed E-state index contributed by atoms with van der Waals surface area (Å²) < 4.78 is 12.5. The van der Waals surface area contributed by atoms with Gasteiger partial charge in [-0.1, -0.05) is 41.9 Å². The predicted molar refractivity (Wildman–Crippen MR) is 132 cm³/mol. The Labute approximate surface area is 204 Å². The molecule has 0 aliphatic rings. The molecule has 0 radical (unpaired) electrons. The van der Waals surface area contributed by atoms with E-state index < -0.39 is 5.97 Å². The Bertz CT molecular complexity index is 1590. The van der Waals surface area contributed by atoms with Crippen molar-refractivity contribution in [3.8, 4) is 22.7 Å². The van der Waals surface area contributed by atoms with Crippen LogP contribution < -0.4 is 10.3 Å². The van der Waals surface area contributed by atoms with Gasteiger partial charge in [0.05, 0.1) is 23.7 Å². The maximum atomic E-state index is 13.2. The smallest absolute Gasteiger partial charge is 0.342 e. The first-order valence-corrected chi connectivity index (χ1v) is 11.0. The summed E-state index contributed by atoms with van der Waals surface area (Å²) in [5.74, 6) is 0.225. The molecule has 9 heteroatoms. The van der Waals surface area contributed by atoms with Gasteiger partial charge < -0.3 is 14.5 Å². The number of ether oxygens (including phenoxy) is 2. The highest BCUT2D eigenvalue weighted by molar-refractivity contribution is 6.31. The molecule has 0 spiro atoms. The second-order valence-electron chi connectivity index (χ2n) is 7.65. The van der Waals surface area contributed by atoms with Crippen molar-refractivity contribution in [1.29, 1.82) is 0 Å². The molecule has 3 aromatic carbocycles. The Morgan fingerprint density at radius 2 is 1.89 bits per heavy atom. The fourth-order valence-electron chi connectivity index (χ4n) is 3.66. The lowest BCUT2D eigenvalue weighted by atomic mass is 10.1. The number of esters is 1. The van der Waals surface area contributed by atoms with Crippen LogP contribution in [0.2, 0.25) is 5.02 Å². The number of hydrogen-bond acceptors (Lipinski definition) is 6. The molecule has 0 aliphatic heterocycles. The van der Waals surface area contributed by atoms with E-state index >= 15 is 0 Å². The van der Waals surface area contributed by atoms with Gasteiger partial charge in [0.25, 0.3) is 5.56 Å². The first kappa shape index (κ1) is 22.4. The van der Waals surface area contributed by atoms with Crippen molar-refractivity contribution in [2.75, 3.05) is 7.11 Å². The van der Waals surface area contributed by atoms with Gasteiger partial charge in [0, 0.05) is 16.8 Å². The summed E-state index contributed by atoms with van der Waals surface area (Å²) in [6.45, 7) is -0.232. The fraction of sp³-hybridized carbons (Fsp3) is 0.0769. The standard InChI is InChI=1S/C26H19ClN4O4/c1-34-19-9-5-6-16(12-19)24-21(14-31(30-24)18-7-3-2-4-8-18)26(33)35-15-23-28-22-13-17(27)10-11-20(22)25(32)29-23/h2-14H,15H2,1H3,(H,28,29,32). The zero-order chi connectivity index (χ0) is 24.4. The Morgan fingerprint density at radius 1 is 1.06 bits per heavy atom. The van der Waals surface area contributed by atoms with Crippen LogP contribution in [-0.2, 0) is 11.3 Å². The largest absolute Gasteiger partial charge is 0.497 e. The number of para-hydroxylation sites is 1. The third kappa shape index (κ3) is 4.64. The number of nitrogens with zero attached hydrogens (tertiary/aromatic N) is 3. The molecule has 0 bridgehead atoms. The van der Waals surface area contributed by atoms with Gasteiger partial charge in [-0.2, -0.15) is 5.10 Å². The van der Waals surface area contributed by atoms with Crippen molar-refractivity contribution in [1.82, 2.24) is 19.7 Å². The van der Waals surface area contributed by atoms with Gasteiger partial charge in [-0.15, -0.1) is 0 Å². The van der Waals surface area contributed by atoms with E-state index in [-0.39, 0.29) is 23.6 Å². The molecule has 0 saturated heterocycles. The van der Waals surface area contributed by atoms with Crippen LogP contribution in [-0.4, -0.2) is 32.8 Å². The molecule has 174 valence electrons. The number of methoxy groups -OCH3 is 1. The molecule has 2 aromatic heterocycles. The molecule has 8 nitrogen and oxygen atoms in total. The molecule has 0 unspecified atom stereocenters. The second kappa shape index (κ2) is 9.44. The van der Waals surface area contributed by atoms with Crippen molar-refractivity contribution in [2.45, 2.75) is 6.61 Å². The number of rotatable bonds is 6. The lowest BCUT2D eigenvalue weighted by molar-refractivity contribution is 0.0463. The zero-order valence-corrected chi connectivity index (χ0v) is 19.3. The molecule has 5 rings (SSSR count). The van der Waals surface area contributed by atoms with Crippen molar-refractivity contribution >= 4 is 28.5 Å². The van der Waals surface area contributed by atoms with E-state index in [1.807, 2.05) is 48.5 Å². The van der Waals surface area contributed by atoms with Crippen LogP contribution in [0.3, 0.4) is 0 Å². The van der Waals surface area contributed by atoms with E-state index in [0.717, 1.165) is 5.69 Å². The molecule has 0 aliphatic carbocycles. The van der Waals surface area contributed by atoms with E-state index in [2.05, 4.69) is 15.1 Å². The Morgan fingerprint density at radius 3 is 2.69 bits per heavy atom. The number of H-pyrrole nitrogens is 1. The SMILES string of the molecule is COc1cccc(-c2nn(-c3ccccc3)cc2C(=O)OCc2nc3cc(Cl)ccc3c(=O)[nH]2)c1. The number of aromatic amines is 1. The van der Waals surface area contributed by atoms with E-state index in [0.29, 0.717) is 32.9 Å². The topological polar surface area (TPSA) is 99.1 Å². The van der Waals surface area contributed by atoms with E-state index in [1.165, 1.54) is 0 Å². The summed E-state index contributed by atoms with van der Waals surface area (Å²) in [6, 6.07) is 21.5. The second-order valence-corrected chi connectivity index (χ2v) is 8.09. The summed E-state index contributed by atoms with van der Waals surface area (Å²) in [5.41, 5.74) is 2.25. The van der Waals surface area contributed by atoms with Gasteiger partial charge in [-0.25, -0.2) is 14.5 Å². The Kier molecular flexibility index (Phi) is 6.03. The quantitative estimate of drug-likeness (QED) is 0.346. The third-order valence-electron chi connectivity index (χ3n) is 5.36. The van der Waals surface area contributed by atoms with Crippen molar-refractivity contribution in [2.24, 2.45) is 0 Å². The lowest BCUT2D eigenvalue weighted by Gasteiger charge is -2.07. The number of fused-ring (bicyclic) bond motifs is 1. The maximum absolute atomic E-state index is 13.2. The van der Waals surface area contributed by atoms with Crippen LogP contribution >= 0.6 is 11.6 Å². The third-order valence-corrected chi connectivity index (χ3v) is 5.59. The van der Waals surface area contributed by atoms with Crippen LogP contribution in [0.25, 0.3) is 27.8 Å². The molecular weight excluding hydrogens is 468 g/mol. The number of hydrogen-bond donors (Lipinski definition) is 1. The summed E-state index contributed by atoms with van der Waals surface area (Å²) in [5, 5.41) is 5.49. The summed E-state index contributed by atoms with van der Waals surface area (Å²) in [6.07, 6.45) is 1.61. The van der Waals surface area contributed by atoms with Crippen molar-refractivity contribution < 1.29 is 14.3 Å². The molecule has 0 fully saturated rings.